The number of nitrogens with one attached hydrogen (secondary N) is 1. The van der Waals surface area contributed by atoms with Crippen LogP contribution in [0.4, 0.5) is 5.13 Å². The molecule has 0 bridgehead atoms. The zero-order valence-electron chi connectivity index (χ0n) is 12.4. The van der Waals surface area contributed by atoms with E-state index in [9.17, 15) is 4.79 Å². The van der Waals surface area contributed by atoms with Gasteiger partial charge >= 0.3 is 0 Å². The van der Waals surface area contributed by atoms with Crippen molar-refractivity contribution in [1.82, 2.24) is 9.88 Å². The van der Waals surface area contributed by atoms with Crippen molar-refractivity contribution in [3.05, 3.63) is 36.0 Å². The number of anilines is 1. The Morgan fingerprint density at radius 2 is 2.10 bits per heavy atom. The summed E-state index contributed by atoms with van der Waals surface area (Å²) < 4.78 is 4.98. The molecule has 21 heavy (non-hydrogen) atoms. The highest BCUT2D eigenvalue weighted by Gasteiger charge is 2.11. The third kappa shape index (κ3) is 3.80. The van der Waals surface area contributed by atoms with Gasteiger partial charge in [0.25, 0.3) is 5.91 Å². The van der Waals surface area contributed by atoms with E-state index in [4.69, 9.17) is 4.74 Å². The van der Waals surface area contributed by atoms with Gasteiger partial charge in [0.15, 0.2) is 5.13 Å². The molecule has 0 aliphatic carbocycles. The second kappa shape index (κ2) is 7.19. The molecule has 1 N–H and O–H groups in total. The standard InChI is InChI=1S/C15H19N3O2S/c1-16-15-17-10-13(21-15)11-4-6-12(7-5-11)14(19)18(2)8-9-20-3/h4-7,10H,8-9H2,1-3H3,(H,16,17). The molecule has 0 spiro atoms. The summed E-state index contributed by atoms with van der Waals surface area (Å²) in [5.41, 5.74) is 1.74. The van der Waals surface area contributed by atoms with Gasteiger partial charge in [-0.05, 0) is 17.7 Å². The quantitative estimate of drug-likeness (QED) is 0.891. The Morgan fingerprint density at radius 3 is 2.67 bits per heavy atom. The minimum atomic E-state index is -0.00109. The Labute approximate surface area is 128 Å². The Kier molecular flexibility index (Phi) is 5.30. The van der Waals surface area contributed by atoms with Crippen LogP contribution in [0.3, 0.4) is 0 Å². The lowest BCUT2D eigenvalue weighted by Crippen LogP contribution is -2.29. The number of hydrogen-bond acceptors (Lipinski definition) is 5. The third-order valence-corrected chi connectivity index (χ3v) is 4.18. The van der Waals surface area contributed by atoms with Gasteiger partial charge in [-0.15, -0.1) is 0 Å². The monoisotopic (exact) mass is 305 g/mol. The SMILES string of the molecule is CNc1ncc(-c2ccc(C(=O)N(C)CCOC)cc2)s1. The van der Waals surface area contributed by atoms with Crippen molar-refractivity contribution in [1.29, 1.82) is 0 Å². The molecule has 5 nitrogen and oxygen atoms in total. The molecule has 1 heterocycles. The van der Waals surface area contributed by atoms with Gasteiger partial charge in [0, 0.05) is 39.5 Å². The van der Waals surface area contributed by atoms with Crippen LogP contribution in [0.5, 0.6) is 0 Å². The normalized spacial score (nSPS) is 10.4. The van der Waals surface area contributed by atoms with Crippen LogP contribution in [0, 0.1) is 0 Å². The Bertz CT molecular complexity index is 595. The van der Waals surface area contributed by atoms with Crippen molar-refractivity contribution < 1.29 is 9.53 Å². The highest BCUT2D eigenvalue weighted by Crippen LogP contribution is 2.28. The van der Waals surface area contributed by atoms with Gasteiger partial charge in [0.1, 0.15) is 0 Å². The molecule has 0 aliphatic rings. The van der Waals surface area contributed by atoms with Gasteiger partial charge in [-0.2, -0.15) is 0 Å². The molecular formula is C15H19N3O2S. The first kappa shape index (κ1) is 15.5. The van der Waals surface area contributed by atoms with Gasteiger partial charge < -0.3 is 15.0 Å². The summed E-state index contributed by atoms with van der Waals surface area (Å²) in [5, 5.41) is 3.90. The molecule has 6 heteroatoms. The maximum Gasteiger partial charge on any atom is 0.253 e. The number of amides is 1. The lowest BCUT2D eigenvalue weighted by molar-refractivity contribution is 0.0744. The summed E-state index contributed by atoms with van der Waals surface area (Å²) in [6, 6.07) is 7.59. The predicted molar refractivity (Wildman–Crippen MR) is 85.9 cm³/mol. The smallest absolute Gasteiger partial charge is 0.253 e. The number of thiazole rings is 1. The minimum Gasteiger partial charge on any atom is -0.383 e. The van der Waals surface area contributed by atoms with Crippen LogP contribution in [-0.2, 0) is 4.74 Å². The van der Waals surface area contributed by atoms with Crippen molar-refractivity contribution >= 4 is 22.4 Å². The maximum absolute atomic E-state index is 12.2. The Hall–Kier alpha value is -1.92. The molecule has 1 amide bonds. The summed E-state index contributed by atoms with van der Waals surface area (Å²) in [6.07, 6.45) is 1.83. The molecular weight excluding hydrogens is 286 g/mol. The van der Waals surface area contributed by atoms with E-state index in [2.05, 4.69) is 10.3 Å². The first-order valence-electron chi connectivity index (χ1n) is 6.64. The summed E-state index contributed by atoms with van der Waals surface area (Å²) in [4.78, 5) is 19.2. The van der Waals surface area contributed by atoms with Crippen LogP contribution in [-0.4, -0.2) is 50.1 Å². The number of ether oxygens (including phenoxy) is 1. The molecule has 0 saturated heterocycles. The minimum absolute atomic E-state index is 0.00109. The van der Waals surface area contributed by atoms with Crippen LogP contribution < -0.4 is 5.32 Å². The predicted octanol–water partition coefficient (Wildman–Crippen LogP) is 2.57. The molecule has 1 aromatic carbocycles. The fourth-order valence-electron chi connectivity index (χ4n) is 1.85. The molecule has 0 fully saturated rings. The highest BCUT2D eigenvalue weighted by molar-refractivity contribution is 7.18. The van der Waals surface area contributed by atoms with E-state index in [1.807, 2.05) is 37.5 Å². The van der Waals surface area contributed by atoms with Gasteiger partial charge in [-0.25, -0.2) is 4.98 Å². The molecule has 0 saturated carbocycles. The van der Waals surface area contributed by atoms with Crippen LogP contribution in [0.15, 0.2) is 30.5 Å². The van der Waals surface area contributed by atoms with Crippen LogP contribution in [0.25, 0.3) is 10.4 Å². The number of benzene rings is 1. The zero-order chi connectivity index (χ0) is 15.2. The fraction of sp³-hybridized carbons (Fsp3) is 0.333. The number of likely N-dealkylation sites (N-methyl/N-ethyl adjacent to an activating group) is 1. The molecule has 0 aliphatic heterocycles. The number of carbonyl (C=O) groups excluding carboxylic acids is 1. The average Bonchev–Trinajstić information content (AvgIpc) is 3.01. The van der Waals surface area contributed by atoms with E-state index >= 15 is 0 Å². The highest BCUT2D eigenvalue weighted by atomic mass is 32.1. The Balaban J connectivity index is 2.09. The van der Waals surface area contributed by atoms with E-state index in [1.165, 1.54) is 0 Å². The number of nitrogens with zero attached hydrogens (tertiary/aromatic N) is 2. The second-order valence-corrected chi connectivity index (χ2v) is 5.61. The van der Waals surface area contributed by atoms with Gasteiger partial charge in [-0.3, -0.25) is 4.79 Å². The van der Waals surface area contributed by atoms with Crippen LogP contribution in [0.1, 0.15) is 10.4 Å². The maximum atomic E-state index is 12.2. The van der Waals surface area contributed by atoms with Gasteiger partial charge in [0.2, 0.25) is 0 Å². The Morgan fingerprint density at radius 1 is 1.38 bits per heavy atom. The summed E-state index contributed by atoms with van der Waals surface area (Å²) in [7, 11) is 5.25. The average molecular weight is 305 g/mol. The van der Waals surface area contributed by atoms with Crippen LogP contribution >= 0.6 is 11.3 Å². The summed E-state index contributed by atoms with van der Waals surface area (Å²) >= 11 is 1.58. The first-order chi connectivity index (χ1) is 10.2. The van der Waals surface area contributed by atoms with E-state index < -0.39 is 0 Å². The summed E-state index contributed by atoms with van der Waals surface area (Å²) in [6.45, 7) is 1.12. The lowest BCUT2D eigenvalue weighted by Gasteiger charge is -2.16. The zero-order valence-corrected chi connectivity index (χ0v) is 13.2. The van der Waals surface area contributed by atoms with Crippen molar-refractivity contribution in [2.75, 3.05) is 39.7 Å². The van der Waals surface area contributed by atoms with Crippen LogP contribution in [0.2, 0.25) is 0 Å². The fourth-order valence-corrected chi connectivity index (χ4v) is 2.63. The molecule has 112 valence electrons. The van der Waals surface area contributed by atoms with E-state index in [-0.39, 0.29) is 5.91 Å². The van der Waals surface area contributed by atoms with E-state index in [0.29, 0.717) is 18.7 Å². The number of aromatic nitrogens is 1. The number of hydrogen-bond donors (Lipinski definition) is 1. The van der Waals surface area contributed by atoms with E-state index in [0.717, 1.165) is 15.6 Å². The second-order valence-electron chi connectivity index (χ2n) is 4.58. The molecule has 1 aromatic heterocycles. The number of carbonyl (C=O) groups is 1. The molecule has 0 radical (unpaired) electrons. The molecule has 0 unspecified atom stereocenters. The lowest BCUT2D eigenvalue weighted by atomic mass is 10.1. The van der Waals surface area contributed by atoms with Crippen molar-refractivity contribution in [2.45, 2.75) is 0 Å². The van der Waals surface area contributed by atoms with E-state index in [1.54, 1.807) is 30.4 Å². The van der Waals surface area contributed by atoms with Crippen molar-refractivity contribution in [2.24, 2.45) is 0 Å². The number of methoxy groups -OCH3 is 1. The summed E-state index contributed by atoms with van der Waals surface area (Å²) in [5.74, 6) is -0.00109. The van der Waals surface area contributed by atoms with Crippen molar-refractivity contribution in [3.63, 3.8) is 0 Å². The largest absolute Gasteiger partial charge is 0.383 e. The van der Waals surface area contributed by atoms with Gasteiger partial charge in [-0.1, -0.05) is 23.5 Å². The molecule has 2 rings (SSSR count). The van der Waals surface area contributed by atoms with Crippen molar-refractivity contribution in [3.8, 4) is 10.4 Å². The third-order valence-electron chi connectivity index (χ3n) is 3.11. The first-order valence-corrected chi connectivity index (χ1v) is 7.45. The number of rotatable bonds is 6. The van der Waals surface area contributed by atoms with Gasteiger partial charge in [0.05, 0.1) is 11.5 Å². The molecule has 0 atom stereocenters. The molecule has 2 aromatic rings. The topological polar surface area (TPSA) is 54.5 Å².